The molecule has 3 N–H and O–H groups in total. The Morgan fingerprint density at radius 3 is 3.00 bits per heavy atom. The van der Waals surface area contributed by atoms with Crippen molar-refractivity contribution in [3.05, 3.63) is 11.9 Å². The number of aromatic nitrogens is 2. The molecule has 0 fully saturated rings. The van der Waals surface area contributed by atoms with Crippen molar-refractivity contribution >= 4 is 23.4 Å². The van der Waals surface area contributed by atoms with E-state index < -0.39 is 0 Å². The third kappa shape index (κ3) is 3.06. The molecule has 1 aromatic heterocycles. The van der Waals surface area contributed by atoms with Gasteiger partial charge >= 0.3 is 0 Å². The summed E-state index contributed by atoms with van der Waals surface area (Å²) in [5.74, 6) is 2.55. The molecule has 0 bridgehead atoms. The number of nitrogens with one attached hydrogen (secondary N) is 1. The van der Waals surface area contributed by atoms with Crippen molar-refractivity contribution in [2.24, 2.45) is 0 Å². The fourth-order valence-electron chi connectivity index (χ4n) is 1.07. The Morgan fingerprint density at radius 1 is 1.50 bits per heavy atom. The molecule has 0 amide bonds. The maximum atomic E-state index is 5.66. The molecular weight excluding hydrogens is 196 g/mol. The minimum atomic E-state index is 0.548. The van der Waals surface area contributed by atoms with Crippen LogP contribution < -0.4 is 11.1 Å². The highest BCUT2D eigenvalue weighted by atomic mass is 32.2. The second kappa shape index (κ2) is 5.70. The molecule has 1 aromatic rings. The lowest BCUT2D eigenvalue weighted by Crippen LogP contribution is -2.08. The summed E-state index contributed by atoms with van der Waals surface area (Å²) in [4.78, 5) is 8.03. The quantitative estimate of drug-likeness (QED) is 0.725. The van der Waals surface area contributed by atoms with Crippen LogP contribution in [0.4, 0.5) is 11.6 Å². The normalized spacial score (nSPS) is 10.1. The minimum Gasteiger partial charge on any atom is -0.383 e. The molecular formula is C9H16N4S. The maximum absolute atomic E-state index is 5.66. The van der Waals surface area contributed by atoms with Crippen LogP contribution in [-0.2, 0) is 0 Å². The predicted octanol–water partition coefficient (Wildman–Crippen LogP) is 1.53. The van der Waals surface area contributed by atoms with Gasteiger partial charge in [0.25, 0.3) is 0 Å². The van der Waals surface area contributed by atoms with Gasteiger partial charge in [-0.15, -0.1) is 0 Å². The van der Waals surface area contributed by atoms with Gasteiger partial charge in [0.1, 0.15) is 18.0 Å². The van der Waals surface area contributed by atoms with Gasteiger partial charge in [-0.3, -0.25) is 0 Å². The number of thioether (sulfide) groups is 1. The van der Waals surface area contributed by atoms with E-state index in [1.54, 1.807) is 0 Å². The number of nitrogen functional groups attached to an aromatic ring is 1. The van der Waals surface area contributed by atoms with Crippen LogP contribution in [0.1, 0.15) is 12.0 Å². The van der Waals surface area contributed by atoms with E-state index in [0.29, 0.717) is 5.82 Å². The van der Waals surface area contributed by atoms with Gasteiger partial charge in [-0.1, -0.05) is 0 Å². The molecule has 0 atom stereocenters. The fourth-order valence-corrected chi connectivity index (χ4v) is 1.50. The van der Waals surface area contributed by atoms with Crippen LogP contribution in [0.15, 0.2) is 6.33 Å². The molecule has 0 unspecified atom stereocenters. The molecule has 78 valence electrons. The monoisotopic (exact) mass is 212 g/mol. The van der Waals surface area contributed by atoms with Crippen LogP contribution in [0, 0.1) is 6.92 Å². The van der Waals surface area contributed by atoms with E-state index in [9.17, 15) is 0 Å². The number of rotatable bonds is 5. The van der Waals surface area contributed by atoms with Crippen molar-refractivity contribution in [3.8, 4) is 0 Å². The summed E-state index contributed by atoms with van der Waals surface area (Å²) in [6.07, 6.45) is 4.72. The van der Waals surface area contributed by atoms with E-state index in [0.717, 1.165) is 30.1 Å². The molecule has 1 heterocycles. The Bertz CT molecular complexity index is 290. The lowest BCUT2D eigenvalue weighted by Gasteiger charge is -2.08. The minimum absolute atomic E-state index is 0.548. The molecule has 0 aliphatic heterocycles. The van der Waals surface area contributed by atoms with Gasteiger partial charge in [0, 0.05) is 12.1 Å². The Morgan fingerprint density at radius 2 is 2.29 bits per heavy atom. The third-order valence-electron chi connectivity index (χ3n) is 1.94. The van der Waals surface area contributed by atoms with Crippen LogP contribution in [0.3, 0.4) is 0 Å². The highest BCUT2D eigenvalue weighted by Gasteiger charge is 2.02. The van der Waals surface area contributed by atoms with Crippen LogP contribution in [0.25, 0.3) is 0 Å². The zero-order chi connectivity index (χ0) is 10.4. The number of hydrogen-bond donors (Lipinski definition) is 2. The second-order valence-electron chi connectivity index (χ2n) is 3.01. The van der Waals surface area contributed by atoms with E-state index in [-0.39, 0.29) is 0 Å². The van der Waals surface area contributed by atoms with Gasteiger partial charge in [0.15, 0.2) is 0 Å². The zero-order valence-corrected chi connectivity index (χ0v) is 9.40. The van der Waals surface area contributed by atoms with Crippen LogP contribution in [0.5, 0.6) is 0 Å². The van der Waals surface area contributed by atoms with Crippen molar-refractivity contribution in [3.63, 3.8) is 0 Å². The first-order valence-electron chi connectivity index (χ1n) is 4.55. The second-order valence-corrected chi connectivity index (χ2v) is 3.99. The zero-order valence-electron chi connectivity index (χ0n) is 8.58. The molecule has 1 rings (SSSR count). The summed E-state index contributed by atoms with van der Waals surface area (Å²) < 4.78 is 0. The first kappa shape index (κ1) is 11.1. The predicted molar refractivity (Wildman–Crippen MR) is 62.7 cm³/mol. The van der Waals surface area contributed by atoms with E-state index in [1.165, 1.54) is 6.33 Å². The first-order valence-corrected chi connectivity index (χ1v) is 5.95. The van der Waals surface area contributed by atoms with Crippen LogP contribution >= 0.6 is 11.8 Å². The average molecular weight is 212 g/mol. The highest BCUT2D eigenvalue weighted by Crippen LogP contribution is 2.14. The number of nitrogens with two attached hydrogens (primary N) is 1. The van der Waals surface area contributed by atoms with E-state index >= 15 is 0 Å². The molecule has 4 nitrogen and oxygen atoms in total. The number of hydrogen-bond acceptors (Lipinski definition) is 5. The largest absolute Gasteiger partial charge is 0.383 e. The topological polar surface area (TPSA) is 63.8 Å². The van der Waals surface area contributed by atoms with Crippen molar-refractivity contribution in [1.29, 1.82) is 0 Å². The van der Waals surface area contributed by atoms with E-state index in [4.69, 9.17) is 5.73 Å². The van der Waals surface area contributed by atoms with Gasteiger partial charge in [0.05, 0.1) is 0 Å². The molecule has 0 spiro atoms. The van der Waals surface area contributed by atoms with E-state index in [1.807, 2.05) is 18.7 Å². The van der Waals surface area contributed by atoms with Crippen LogP contribution in [0.2, 0.25) is 0 Å². The van der Waals surface area contributed by atoms with Crippen molar-refractivity contribution in [2.75, 3.05) is 29.6 Å². The molecule has 0 aliphatic rings. The highest BCUT2D eigenvalue weighted by molar-refractivity contribution is 7.98. The Hall–Kier alpha value is -0.970. The van der Waals surface area contributed by atoms with Crippen molar-refractivity contribution in [2.45, 2.75) is 13.3 Å². The summed E-state index contributed by atoms with van der Waals surface area (Å²) in [5, 5.41) is 3.24. The summed E-state index contributed by atoms with van der Waals surface area (Å²) in [5.41, 5.74) is 6.58. The Labute approximate surface area is 88.7 Å². The van der Waals surface area contributed by atoms with Crippen LogP contribution in [-0.4, -0.2) is 28.5 Å². The Balaban J connectivity index is 2.46. The molecule has 5 heteroatoms. The molecule has 0 saturated carbocycles. The third-order valence-corrected chi connectivity index (χ3v) is 2.64. The van der Waals surface area contributed by atoms with Crippen molar-refractivity contribution < 1.29 is 0 Å². The smallest absolute Gasteiger partial charge is 0.134 e. The maximum Gasteiger partial charge on any atom is 0.134 e. The molecule has 0 aliphatic carbocycles. The van der Waals surface area contributed by atoms with Gasteiger partial charge in [-0.2, -0.15) is 11.8 Å². The van der Waals surface area contributed by atoms with Crippen molar-refractivity contribution in [1.82, 2.24) is 9.97 Å². The molecule has 0 aromatic carbocycles. The molecule has 0 radical (unpaired) electrons. The van der Waals surface area contributed by atoms with Gasteiger partial charge in [0.2, 0.25) is 0 Å². The van der Waals surface area contributed by atoms with E-state index in [2.05, 4.69) is 21.5 Å². The summed E-state index contributed by atoms with van der Waals surface area (Å²) >= 11 is 1.85. The summed E-state index contributed by atoms with van der Waals surface area (Å²) in [6.45, 7) is 2.85. The first-order chi connectivity index (χ1) is 6.75. The molecule has 0 saturated heterocycles. The Kier molecular flexibility index (Phi) is 4.52. The summed E-state index contributed by atoms with van der Waals surface area (Å²) in [7, 11) is 0. The SMILES string of the molecule is CSCCCNc1ncnc(N)c1C. The number of nitrogens with zero attached hydrogens (tertiary/aromatic N) is 2. The standard InChI is InChI=1S/C9H16N4S/c1-7-8(10)12-6-13-9(7)11-4-3-5-14-2/h6H,3-5H2,1-2H3,(H3,10,11,12,13). The lowest BCUT2D eigenvalue weighted by atomic mass is 10.3. The lowest BCUT2D eigenvalue weighted by molar-refractivity contribution is 0.972. The number of anilines is 2. The fraction of sp³-hybridized carbons (Fsp3) is 0.556. The molecule has 14 heavy (non-hydrogen) atoms. The van der Waals surface area contributed by atoms with Gasteiger partial charge < -0.3 is 11.1 Å². The van der Waals surface area contributed by atoms with Gasteiger partial charge in [-0.05, 0) is 25.4 Å². The van der Waals surface area contributed by atoms with Gasteiger partial charge in [-0.25, -0.2) is 9.97 Å². The average Bonchev–Trinajstić information content (AvgIpc) is 2.19. The summed E-state index contributed by atoms with van der Waals surface area (Å²) in [6, 6.07) is 0.